The van der Waals surface area contributed by atoms with E-state index in [2.05, 4.69) is 24.1 Å². The van der Waals surface area contributed by atoms with Crippen molar-refractivity contribution in [1.82, 2.24) is 10.2 Å². The molecule has 0 fully saturated rings. The van der Waals surface area contributed by atoms with E-state index >= 15 is 0 Å². The first kappa shape index (κ1) is 16.4. The fourth-order valence-corrected chi connectivity index (χ4v) is 1.87. The van der Waals surface area contributed by atoms with Gasteiger partial charge in [0.1, 0.15) is 5.54 Å². The van der Waals surface area contributed by atoms with Crippen molar-refractivity contribution in [1.29, 1.82) is 0 Å². The average Bonchev–Trinajstić information content (AvgIpc) is 2.32. The summed E-state index contributed by atoms with van der Waals surface area (Å²) < 4.78 is 0. The van der Waals surface area contributed by atoms with Crippen LogP contribution in [0.4, 0.5) is 0 Å². The summed E-state index contributed by atoms with van der Waals surface area (Å²) >= 11 is 0. The molecule has 4 nitrogen and oxygen atoms in total. The third kappa shape index (κ3) is 6.03. The summed E-state index contributed by atoms with van der Waals surface area (Å²) in [6, 6.07) is 0. The Morgan fingerprint density at radius 2 is 1.88 bits per heavy atom. The van der Waals surface area contributed by atoms with E-state index in [1.54, 1.807) is 6.92 Å². The maximum Gasteiger partial charge on any atom is 0.323 e. The first-order valence-corrected chi connectivity index (χ1v) is 6.70. The minimum atomic E-state index is -0.775. The number of nitrogens with zero attached hydrogens (tertiary/aromatic N) is 1. The van der Waals surface area contributed by atoms with Crippen LogP contribution in [0.2, 0.25) is 0 Å². The molecular weight excluding hydrogens is 216 g/mol. The van der Waals surface area contributed by atoms with Gasteiger partial charge >= 0.3 is 5.97 Å². The topological polar surface area (TPSA) is 52.6 Å². The van der Waals surface area contributed by atoms with Crippen molar-refractivity contribution in [3.05, 3.63) is 0 Å². The summed E-state index contributed by atoms with van der Waals surface area (Å²) in [5.41, 5.74) is -0.775. The van der Waals surface area contributed by atoms with Crippen LogP contribution in [0.5, 0.6) is 0 Å². The Bertz CT molecular complexity index is 217. The van der Waals surface area contributed by atoms with Crippen molar-refractivity contribution < 1.29 is 9.90 Å². The molecule has 0 bridgehead atoms. The van der Waals surface area contributed by atoms with Gasteiger partial charge in [-0.15, -0.1) is 0 Å². The second-order valence-corrected chi connectivity index (χ2v) is 4.69. The quantitative estimate of drug-likeness (QED) is 0.617. The number of rotatable bonds is 10. The summed E-state index contributed by atoms with van der Waals surface area (Å²) in [5.74, 6) is -0.745. The van der Waals surface area contributed by atoms with Crippen LogP contribution in [0.3, 0.4) is 0 Å². The number of carbonyl (C=O) groups is 1. The molecule has 17 heavy (non-hydrogen) atoms. The lowest BCUT2D eigenvalue weighted by Gasteiger charge is -2.27. The van der Waals surface area contributed by atoms with Gasteiger partial charge in [0.2, 0.25) is 0 Å². The zero-order valence-corrected chi connectivity index (χ0v) is 11.8. The van der Waals surface area contributed by atoms with E-state index < -0.39 is 11.5 Å². The number of carboxylic acids is 1. The van der Waals surface area contributed by atoms with E-state index in [1.165, 1.54) is 0 Å². The second kappa shape index (κ2) is 8.48. The van der Waals surface area contributed by atoms with Gasteiger partial charge in [0.15, 0.2) is 0 Å². The Balaban J connectivity index is 4.12. The summed E-state index contributed by atoms with van der Waals surface area (Å²) in [6.45, 7) is 11.9. The third-order valence-electron chi connectivity index (χ3n) is 3.28. The van der Waals surface area contributed by atoms with Gasteiger partial charge in [-0.25, -0.2) is 0 Å². The molecule has 0 spiro atoms. The molecule has 0 amide bonds. The highest BCUT2D eigenvalue weighted by molar-refractivity contribution is 5.78. The predicted octanol–water partition coefficient (Wildman–Crippen LogP) is 1.95. The minimum Gasteiger partial charge on any atom is -0.480 e. The molecule has 0 heterocycles. The molecule has 0 saturated carbocycles. The molecule has 0 aromatic rings. The molecule has 0 aliphatic heterocycles. The van der Waals surface area contributed by atoms with Crippen molar-refractivity contribution in [2.24, 2.45) is 0 Å². The number of nitrogens with one attached hydrogen (secondary N) is 1. The van der Waals surface area contributed by atoms with Crippen LogP contribution < -0.4 is 5.32 Å². The second-order valence-electron chi connectivity index (χ2n) is 4.69. The monoisotopic (exact) mass is 244 g/mol. The van der Waals surface area contributed by atoms with Crippen LogP contribution in [0.15, 0.2) is 0 Å². The van der Waals surface area contributed by atoms with Crippen LogP contribution in [-0.2, 0) is 4.79 Å². The van der Waals surface area contributed by atoms with Gasteiger partial charge < -0.3 is 15.3 Å². The lowest BCUT2D eigenvalue weighted by Crippen LogP contribution is -2.50. The summed E-state index contributed by atoms with van der Waals surface area (Å²) in [7, 11) is 0. The van der Waals surface area contributed by atoms with E-state index in [1.807, 2.05) is 6.92 Å². The van der Waals surface area contributed by atoms with E-state index in [0.29, 0.717) is 6.42 Å². The van der Waals surface area contributed by atoms with Gasteiger partial charge in [-0.1, -0.05) is 20.8 Å². The highest BCUT2D eigenvalue weighted by atomic mass is 16.4. The third-order valence-corrected chi connectivity index (χ3v) is 3.28. The van der Waals surface area contributed by atoms with Crippen molar-refractivity contribution in [2.75, 3.05) is 26.2 Å². The highest BCUT2D eigenvalue weighted by Gasteiger charge is 2.31. The lowest BCUT2D eigenvalue weighted by atomic mass is 9.95. The van der Waals surface area contributed by atoms with Gasteiger partial charge in [0.25, 0.3) is 0 Å². The van der Waals surface area contributed by atoms with Crippen LogP contribution >= 0.6 is 0 Å². The molecule has 0 aromatic heterocycles. The van der Waals surface area contributed by atoms with Gasteiger partial charge in [-0.2, -0.15) is 0 Å². The lowest BCUT2D eigenvalue weighted by molar-refractivity contribution is -0.144. The van der Waals surface area contributed by atoms with Gasteiger partial charge in [0, 0.05) is 0 Å². The Hall–Kier alpha value is -0.610. The molecule has 0 aromatic carbocycles. The molecule has 0 rings (SSSR count). The van der Waals surface area contributed by atoms with E-state index in [9.17, 15) is 9.90 Å². The number of hydrogen-bond donors (Lipinski definition) is 2. The minimum absolute atomic E-state index is 0.679. The SMILES string of the molecule is CCCNC(C)(CCCN(CC)CC)C(=O)O. The van der Waals surface area contributed by atoms with Crippen LogP contribution in [0.1, 0.15) is 47.0 Å². The fourth-order valence-electron chi connectivity index (χ4n) is 1.87. The molecule has 0 aliphatic carbocycles. The van der Waals surface area contributed by atoms with Gasteiger partial charge in [0.05, 0.1) is 0 Å². The molecule has 0 radical (unpaired) electrons. The van der Waals surface area contributed by atoms with Crippen molar-refractivity contribution in [3.8, 4) is 0 Å². The normalized spacial score (nSPS) is 14.9. The van der Waals surface area contributed by atoms with Gasteiger partial charge in [-0.05, 0) is 52.4 Å². The Kier molecular flexibility index (Phi) is 8.17. The molecule has 2 N–H and O–H groups in total. The predicted molar refractivity (Wildman–Crippen MR) is 71.4 cm³/mol. The van der Waals surface area contributed by atoms with Crippen LogP contribution in [0.25, 0.3) is 0 Å². The molecule has 0 aliphatic rings. The largest absolute Gasteiger partial charge is 0.480 e. The average molecular weight is 244 g/mol. The number of hydrogen-bond acceptors (Lipinski definition) is 3. The molecule has 1 atom stereocenters. The summed E-state index contributed by atoms with van der Waals surface area (Å²) in [5, 5.41) is 12.4. The number of carboxylic acid groups (broad SMARTS) is 1. The first-order valence-electron chi connectivity index (χ1n) is 6.70. The highest BCUT2D eigenvalue weighted by Crippen LogP contribution is 2.13. The fraction of sp³-hybridized carbons (Fsp3) is 0.923. The molecule has 1 unspecified atom stereocenters. The van der Waals surface area contributed by atoms with Crippen molar-refractivity contribution in [3.63, 3.8) is 0 Å². The maximum absolute atomic E-state index is 11.3. The van der Waals surface area contributed by atoms with E-state index in [0.717, 1.165) is 39.0 Å². The standard InChI is InChI=1S/C13H28N2O2/c1-5-10-14-13(4,12(16)17)9-8-11-15(6-2)7-3/h14H,5-11H2,1-4H3,(H,16,17). The zero-order chi connectivity index (χ0) is 13.3. The molecular formula is C13H28N2O2. The summed E-state index contributed by atoms with van der Waals surface area (Å²) in [6.07, 6.45) is 2.55. The Labute approximate surface area is 105 Å². The maximum atomic E-state index is 11.3. The van der Waals surface area contributed by atoms with Crippen molar-refractivity contribution >= 4 is 5.97 Å². The Morgan fingerprint density at radius 3 is 2.29 bits per heavy atom. The smallest absolute Gasteiger partial charge is 0.323 e. The van der Waals surface area contributed by atoms with E-state index in [-0.39, 0.29) is 0 Å². The zero-order valence-electron chi connectivity index (χ0n) is 11.8. The van der Waals surface area contributed by atoms with E-state index in [4.69, 9.17) is 0 Å². The Morgan fingerprint density at radius 1 is 1.29 bits per heavy atom. The molecule has 0 saturated heterocycles. The molecule has 4 heteroatoms. The molecule has 102 valence electrons. The van der Waals surface area contributed by atoms with Crippen molar-refractivity contribution in [2.45, 2.75) is 52.5 Å². The van der Waals surface area contributed by atoms with Crippen LogP contribution in [-0.4, -0.2) is 47.7 Å². The number of aliphatic carboxylic acids is 1. The summed E-state index contributed by atoms with van der Waals surface area (Å²) in [4.78, 5) is 13.6. The van der Waals surface area contributed by atoms with Crippen LogP contribution in [0, 0.1) is 0 Å². The first-order chi connectivity index (χ1) is 8.00. The van der Waals surface area contributed by atoms with Gasteiger partial charge in [-0.3, -0.25) is 4.79 Å².